The molecule has 0 saturated carbocycles. The Morgan fingerprint density at radius 1 is 1.35 bits per heavy atom. The van der Waals surface area contributed by atoms with E-state index < -0.39 is 17.6 Å². The van der Waals surface area contributed by atoms with E-state index in [0.29, 0.717) is 13.0 Å². The fraction of sp³-hybridized carbons (Fsp3) is 0.333. The maximum atomic E-state index is 11.9. The van der Waals surface area contributed by atoms with Gasteiger partial charge in [-0.05, 0) is 18.9 Å². The monoisotopic (exact) mass is 275 g/mol. The molecular formula is C15H17NO4. The van der Waals surface area contributed by atoms with Crippen molar-refractivity contribution in [3.8, 4) is 0 Å². The zero-order valence-corrected chi connectivity index (χ0v) is 11.3. The minimum absolute atomic E-state index is 0.0462. The average Bonchev–Trinajstić information content (AvgIpc) is 2.74. The van der Waals surface area contributed by atoms with Gasteiger partial charge in [-0.3, -0.25) is 4.79 Å². The fourth-order valence-corrected chi connectivity index (χ4v) is 2.09. The fourth-order valence-electron chi connectivity index (χ4n) is 2.09. The third-order valence-electron chi connectivity index (χ3n) is 3.16. The lowest BCUT2D eigenvalue weighted by molar-refractivity contribution is -0.138. The van der Waals surface area contributed by atoms with Gasteiger partial charge in [-0.25, -0.2) is 4.79 Å². The number of benzene rings is 1. The SMILES string of the molecule is CCOC(=O)C1=C(O)C(=O)N(CCc2ccccc2)C1. The van der Waals surface area contributed by atoms with E-state index in [0.717, 1.165) is 5.56 Å². The molecule has 0 aliphatic carbocycles. The van der Waals surface area contributed by atoms with E-state index in [2.05, 4.69) is 0 Å². The highest BCUT2D eigenvalue weighted by atomic mass is 16.5. The Balaban J connectivity index is 1.97. The molecule has 1 heterocycles. The second kappa shape index (κ2) is 6.23. The molecule has 1 aliphatic rings. The van der Waals surface area contributed by atoms with Gasteiger partial charge in [0.25, 0.3) is 5.91 Å². The summed E-state index contributed by atoms with van der Waals surface area (Å²) in [4.78, 5) is 24.9. The predicted octanol–water partition coefficient (Wildman–Crippen LogP) is 1.45. The van der Waals surface area contributed by atoms with Crippen molar-refractivity contribution in [3.63, 3.8) is 0 Å². The number of carbonyl (C=O) groups is 2. The van der Waals surface area contributed by atoms with Crippen LogP contribution < -0.4 is 0 Å². The molecule has 0 saturated heterocycles. The van der Waals surface area contributed by atoms with Gasteiger partial charge in [0.2, 0.25) is 0 Å². The lowest BCUT2D eigenvalue weighted by Crippen LogP contribution is -2.30. The Bertz CT molecular complexity index is 536. The van der Waals surface area contributed by atoms with E-state index >= 15 is 0 Å². The van der Waals surface area contributed by atoms with Crippen LogP contribution in [0.1, 0.15) is 12.5 Å². The molecule has 0 radical (unpaired) electrons. The lowest BCUT2D eigenvalue weighted by atomic mass is 10.1. The number of rotatable bonds is 5. The van der Waals surface area contributed by atoms with E-state index in [-0.39, 0.29) is 18.7 Å². The summed E-state index contributed by atoms with van der Waals surface area (Å²) < 4.78 is 4.82. The maximum Gasteiger partial charge on any atom is 0.339 e. The Hall–Kier alpha value is -2.30. The first-order valence-electron chi connectivity index (χ1n) is 6.56. The van der Waals surface area contributed by atoms with Gasteiger partial charge < -0.3 is 14.7 Å². The summed E-state index contributed by atoms with van der Waals surface area (Å²) in [5.41, 5.74) is 1.15. The quantitative estimate of drug-likeness (QED) is 0.826. The number of amides is 1. The molecule has 2 rings (SSSR count). The molecule has 106 valence electrons. The highest BCUT2D eigenvalue weighted by molar-refractivity contribution is 6.05. The van der Waals surface area contributed by atoms with Crippen molar-refractivity contribution in [3.05, 3.63) is 47.2 Å². The van der Waals surface area contributed by atoms with Crippen LogP contribution in [0.5, 0.6) is 0 Å². The molecule has 0 fully saturated rings. The van der Waals surface area contributed by atoms with Crippen molar-refractivity contribution < 1.29 is 19.4 Å². The molecule has 5 nitrogen and oxygen atoms in total. The van der Waals surface area contributed by atoms with E-state index in [4.69, 9.17) is 4.74 Å². The van der Waals surface area contributed by atoms with Crippen LogP contribution in [-0.4, -0.2) is 41.6 Å². The second-order valence-electron chi connectivity index (χ2n) is 4.51. The Kier molecular flexibility index (Phi) is 4.40. The minimum Gasteiger partial charge on any atom is -0.503 e. The van der Waals surface area contributed by atoms with Crippen molar-refractivity contribution >= 4 is 11.9 Å². The van der Waals surface area contributed by atoms with Crippen LogP contribution in [0.2, 0.25) is 0 Å². The molecule has 0 aromatic heterocycles. The highest BCUT2D eigenvalue weighted by Crippen LogP contribution is 2.18. The molecule has 1 aromatic rings. The molecule has 0 unspecified atom stereocenters. The predicted molar refractivity (Wildman–Crippen MR) is 73.0 cm³/mol. The summed E-state index contributed by atoms with van der Waals surface area (Å²) in [6, 6.07) is 9.73. The number of esters is 1. The normalized spacial score (nSPS) is 14.8. The van der Waals surface area contributed by atoms with Crippen LogP contribution in [0, 0.1) is 0 Å². The molecular weight excluding hydrogens is 258 g/mol. The number of ether oxygens (including phenoxy) is 1. The molecule has 1 aliphatic heterocycles. The lowest BCUT2D eigenvalue weighted by Gasteiger charge is -2.15. The van der Waals surface area contributed by atoms with E-state index in [1.165, 1.54) is 4.90 Å². The van der Waals surface area contributed by atoms with E-state index in [1.807, 2.05) is 30.3 Å². The third kappa shape index (κ3) is 2.99. The molecule has 1 N–H and O–H groups in total. The van der Waals surface area contributed by atoms with Crippen LogP contribution >= 0.6 is 0 Å². The van der Waals surface area contributed by atoms with Crippen LogP contribution in [-0.2, 0) is 20.7 Å². The number of carbonyl (C=O) groups excluding carboxylic acids is 2. The number of hydrogen-bond acceptors (Lipinski definition) is 4. The number of aliphatic hydroxyl groups excluding tert-OH is 1. The third-order valence-corrected chi connectivity index (χ3v) is 3.16. The first-order chi connectivity index (χ1) is 9.63. The second-order valence-corrected chi connectivity index (χ2v) is 4.51. The van der Waals surface area contributed by atoms with E-state index in [9.17, 15) is 14.7 Å². The summed E-state index contributed by atoms with van der Waals surface area (Å²) in [6.45, 7) is 2.46. The Morgan fingerprint density at radius 3 is 2.70 bits per heavy atom. The standard InChI is InChI=1S/C15H17NO4/c1-2-20-15(19)12-10-16(14(18)13(12)17)9-8-11-6-4-3-5-7-11/h3-7,17H,2,8-10H2,1H3. The first-order valence-corrected chi connectivity index (χ1v) is 6.56. The summed E-state index contributed by atoms with van der Waals surface area (Å²) >= 11 is 0. The topological polar surface area (TPSA) is 66.8 Å². The van der Waals surface area contributed by atoms with Gasteiger partial charge in [0.05, 0.1) is 13.2 Å². The smallest absolute Gasteiger partial charge is 0.339 e. The van der Waals surface area contributed by atoms with Gasteiger partial charge in [0.1, 0.15) is 5.57 Å². The van der Waals surface area contributed by atoms with Gasteiger partial charge >= 0.3 is 5.97 Å². The number of aliphatic hydroxyl groups is 1. The van der Waals surface area contributed by atoms with Gasteiger partial charge in [-0.1, -0.05) is 30.3 Å². The van der Waals surface area contributed by atoms with Crippen molar-refractivity contribution in [2.24, 2.45) is 0 Å². The summed E-state index contributed by atoms with van der Waals surface area (Å²) in [7, 11) is 0. The van der Waals surface area contributed by atoms with Crippen molar-refractivity contribution in [1.29, 1.82) is 0 Å². The molecule has 0 atom stereocenters. The zero-order valence-electron chi connectivity index (χ0n) is 11.3. The Morgan fingerprint density at radius 2 is 2.05 bits per heavy atom. The van der Waals surface area contributed by atoms with Crippen LogP contribution in [0.3, 0.4) is 0 Å². The van der Waals surface area contributed by atoms with Gasteiger partial charge in [0.15, 0.2) is 5.76 Å². The molecule has 5 heteroatoms. The van der Waals surface area contributed by atoms with E-state index in [1.54, 1.807) is 6.92 Å². The molecule has 0 spiro atoms. The largest absolute Gasteiger partial charge is 0.503 e. The summed E-state index contributed by atoms with van der Waals surface area (Å²) in [5.74, 6) is -1.62. The Labute approximate surface area is 117 Å². The van der Waals surface area contributed by atoms with Crippen molar-refractivity contribution in [2.75, 3.05) is 19.7 Å². The molecule has 20 heavy (non-hydrogen) atoms. The highest BCUT2D eigenvalue weighted by Gasteiger charge is 2.34. The van der Waals surface area contributed by atoms with Crippen LogP contribution in [0.25, 0.3) is 0 Å². The summed E-state index contributed by atoms with van der Waals surface area (Å²) in [5, 5.41) is 9.71. The van der Waals surface area contributed by atoms with Crippen LogP contribution in [0.4, 0.5) is 0 Å². The number of hydrogen-bond donors (Lipinski definition) is 1. The molecule has 1 aromatic carbocycles. The maximum absolute atomic E-state index is 11.9. The van der Waals surface area contributed by atoms with Gasteiger partial charge in [-0.2, -0.15) is 0 Å². The molecule has 1 amide bonds. The van der Waals surface area contributed by atoms with Crippen molar-refractivity contribution in [1.82, 2.24) is 4.90 Å². The molecule has 0 bridgehead atoms. The first kappa shape index (κ1) is 14.1. The van der Waals surface area contributed by atoms with Crippen molar-refractivity contribution in [2.45, 2.75) is 13.3 Å². The number of nitrogens with zero attached hydrogens (tertiary/aromatic N) is 1. The van der Waals surface area contributed by atoms with Gasteiger partial charge in [0, 0.05) is 6.54 Å². The summed E-state index contributed by atoms with van der Waals surface area (Å²) in [6.07, 6.45) is 0.677. The zero-order chi connectivity index (χ0) is 14.5. The van der Waals surface area contributed by atoms with Gasteiger partial charge in [-0.15, -0.1) is 0 Å². The minimum atomic E-state index is -0.624. The van der Waals surface area contributed by atoms with Crippen LogP contribution in [0.15, 0.2) is 41.7 Å². The average molecular weight is 275 g/mol.